The summed E-state index contributed by atoms with van der Waals surface area (Å²) >= 11 is 0. The average molecular weight is 390 g/mol. The van der Waals surface area contributed by atoms with Crippen molar-refractivity contribution in [3.05, 3.63) is 81.5 Å². The van der Waals surface area contributed by atoms with Crippen molar-refractivity contribution < 1.29 is 4.74 Å². The number of tetrazole rings is 1. The lowest BCUT2D eigenvalue weighted by Gasteiger charge is -2.15. The van der Waals surface area contributed by atoms with Gasteiger partial charge in [-0.3, -0.25) is 0 Å². The Morgan fingerprint density at radius 3 is 2.45 bits per heavy atom. The van der Waals surface area contributed by atoms with E-state index in [0.717, 1.165) is 33.8 Å². The molecule has 8 nitrogen and oxygen atoms in total. The second-order valence-corrected chi connectivity index (χ2v) is 6.99. The first-order valence-corrected chi connectivity index (χ1v) is 9.28. The monoisotopic (exact) mass is 390 g/mol. The summed E-state index contributed by atoms with van der Waals surface area (Å²) in [6, 6.07) is 13.7. The van der Waals surface area contributed by atoms with Crippen LogP contribution >= 0.6 is 0 Å². The minimum Gasteiger partial charge on any atom is -0.489 e. The number of rotatable bonds is 5. The molecule has 148 valence electrons. The summed E-state index contributed by atoms with van der Waals surface area (Å²) in [5.74, 6) is 0.777. The number of aryl methyl sites for hydroxylation is 4. The third-order valence-corrected chi connectivity index (χ3v) is 4.94. The van der Waals surface area contributed by atoms with Crippen LogP contribution in [0, 0.1) is 20.8 Å². The van der Waals surface area contributed by atoms with Crippen LogP contribution in [0.3, 0.4) is 0 Å². The Kier molecular flexibility index (Phi) is 4.75. The molecule has 0 radical (unpaired) electrons. The van der Waals surface area contributed by atoms with Crippen molar-refractivity contribution >= 4 is 0 Å². The molecule has 0 aliphatic carbocycles. The fourth-order valence-corrected chi connectivity index (χ4v) is 3.25. The number of benzene rings is 2. The standard InChI is InChI=1S/C21H22N6O2/c1-14-6-5-7-19(27-21(28)25(4)23-24-27)18(14)13-29-20-9-8-17(12-15(20)2)26-16(3)10-11-22-26/h5-12H,13H2,1-4H3. The molecule has 0 fully saturated rings. The van der Waals surface area contributed by atoms with Crippen molar-refractivity contribution in [3.63, 3.8) is 0 Å². The van der Waals surface area contributed by atoms with Gasteiger partial charge in [0.25, 0.3) is 0 Å². The van der Waals surface area contributed by atoms with E-state index in [2.05, 4.69) is 15.5 Å². The number of hydrogen-bond donors (Lipinski definition) is 0. The van der Waals surface area contributed by atoms with Gasteiger partial charge in [0.1, 0.15) is 12.4 Å². The van der Waals surface area contributed by atoms with Crippen LogP contribution in [-0.4, -0.2) is 29.6 Å². The second-order valence-electron chi connectivity index (χ2n) is 6.99. The molecule has 0 N–H and O–H groups in total. The third-order valence-electron chi connectivity index (χ3n) is 4.94. The van der Waals surface area contributed by atoms with Crippen LogP contribution in [0.4, 0.5) is 0 Å². The lowest BCUT2D eigenvalue weighted by molar-refractivity contribution is 0.302. The Hall–Kier alpha value is -3.68. The van der Waals surface area contributed by atoms with Gasteiger partial charge in [0, 0.05) is 24.5 Å². The van der Waals surface area contributed by atoms with Crippen LogP contribution in [0.25, 0.3) is 11.4 Å². The van der Waals surface area contributed by atoms with Crippen LogP contribution in [0.15, 0.2) is 53.5 Å². The largest absolute Gasteiger partial charge is 0.489 e. The van der Waals surface area contributed by atoms with Crippen molar-refractivity contribution in [1.82, 2.24) is 29.6 Å². The lowest BCUT2D eigenvalue weighted by Crippen LogP contribution is -2.23. The maximum Gasteiger partial charge on any atom is 0.368 e. The maximum absolute atomic E-state index is 12.3. The lowest BCUT2D eigenvalue weighted by atomic mass is 10.1. The predicted octanol–water partition coefficient (Wildman–Crippen LogP) is 2.66. The summed E-state index contributed by atoms with van der Waals surface area (Å²) in [5.41, 5.74) is 5.33. The van der Waals surface area contributed by atoms with Gasteiger partial charge in [-0.1, -0.05) is 12.1 Å². The Balaban J connectivity index is 1.62. The van der Waals surface area contributed by atoms with Crippen LogP contribution in [0.2, 0.25) is 0 Å². The number of aromatic nitrogens is 6. The molecule has 0 atom stereocenters. The molecular formula is C21H22N6O2. The first-order chi connectivity index (χ1) is 14.0. The molecule has 2 aromatic heterocycles. The topological polar surface area (TPSA) is 79.8 Å². The van der Waals surface area contributed by atoms with E-state index in [0.29, 0.717) is 12.3 Å². The summed E-state index contributed by atoms with van der Waals surface area (Å²) in [6.45, 7) is 6.32. The van der Waals surface area contributed by atoms with Crippen LogP contribution in [-0.2, 0) is 13.7 Å². The van der Waals surface area contributed by atoms with Gasteiger partial charge >= 0.3 is 5.69 Å². The van der Waals surface area contributed by atoms with E-state index in [-0.39, 0.29) is 5.69 Å². The average Bonchev–Trinajstić information content (AvgIpc) is 3.27. The summed E-state index contributed by atoms with van der Waals surface area (Å²) in [4.78, 5) is 12.3. The van der Waals surface area contributed by atoms with Crippen molar-refractivity contribution in [2.75, 3.05) is 0 Å². The number of nitrogens with zero attached hydrogens (tertiary/aromatic N) is 6. The Morgan fingerprint density at radius 1 is 0.966 bits per heavy atom. The van der Waals surface area contributed by atoms with Gasteiger partial charge in [-0.2, -0.15) is 14.5 Å². The van der Waals surface area contributed by atoms with E-state index in [1.54, 1.807) is 13.2 Å². The highest BCUT2D eigenvalue weighted by Crippen LogP contribution is 2.25. The minimum atomic E-state index is -0.299. The van der Waals surface area contributed by atoms with E-state index < -0.39 is 0 Å². The molecule has 8 heteroatoms. The summed E-state index contributed by atoms with van der Waals surface area (Å²) in [6.07, 6.45) is 1.78. The molecule has 2 heterocycles. The second kappa shape index (κ2) is 7.38. The molecule has 0 aliphatic rings. The van der Waals surface area contributed by atoms with Gasteiger partial charge in [0.15, 0.2) is 0 Å². The van der Waals surface area contributed by atoms with E-state index in [1.165, 1.54) is 9.36 Å². The summed E-state index contributed by atoms with van der Waals surface area (Å²) in [5, 5.41) is 12.1. The van der Waals surface area contributed by atoms with Gasteiger partial charge < -0.3 is 4.74 Å². The first-order valence-electron chi connectivity index (χ1n) is 9.28. The SMILES string of the molecule is Cc1cc(-n2nccc2C)ccc1OCc1c(C)cccc1-n1nnn(C)c1=O. The molecule has 0 amide bonds. The normalized spacial score (nSPS) is 11.0. The van der Waals surface area contributed by atoms with Crippen LogP contribution in [0.5, 0.6) is 5.75 Å². The molecular weight excluding hydrogens is 368 g/mol. The van der Waals surface area contributed by atoms with E-state index in [9.17, 15) is 4.79 Å². The maximum atomic E-state index is 12.3. The molecule has 4 aromatic rings. The van der Waals surface area contributed by atoms with E-state index in [4.69, 9.17) is 4.74 Å². The first kappa shape index (κ1) is 18.7. The minimum absolute atomic E-state index is 0.299. The smallest absolute Gasteiger partial charge is 0.368 e. The zero-order valence-corrected chi connectivity index (χ0v) is 16.8. The number of hydrogen-bond acceptors (Lipinski definition) is 5. The highest BCUT2D eigenvalue weighted by atomic mass is 16.5. The van der Waals surface area contributed by atoms with Crippen molar-refractivity contribution in [2.45, 2.75) is 27.4 Å². The zero-order chi connectivity index (χ0) is 20.5. The van der Waals surface area contributed by atoms with Gasteiger partial charge in [-0.15, -0.1) is 0 Å². The van der Waals surface area contributed by atoms with Gasteiger partial charge in [-0.05, 0) is 72.7 Å². The fourth-order valence-electron chi connectivity index (χ4n) is 3.25. The van der Waals surface area contributed by atoms with Crippen LogP contribution in [0.1, 0.15) is 22.4 Å². The molecule has 0 saturated carbocycles. The predicted molar refractivity (Wildman–Crippen MR) is 109 cm³/mol. The third kappa shape index (κ3) is 3.44. The fraction of sp³-hybridized carbons (Fsp3) is 0.238. The van der Waals surface area contributed by atoms with Gasteiger partial charge in [-0.25, -0.2) is 9.48 Å². The Bertz CT molecular complexity index is 1230. The zero-order valence-electron chi connectivity index (χ0n) is 16.8. The summed E-state index contributed by atoms with van der Waals surface area (Å²) in [7, 11) is 1.57. The quantitative estimate of drug-likeness (QED) is 0.523. The van der Waals surface area contributed by atoms with E-state index >= 15 is 0 Å². The molecule has 29 heavy (non-hydrogen) atoms. The highest BCUT2D eigenvalue weighted by Gasteiger charge is 2.14. The van der Waals surface area contributed by atoms with Crippen molar-refractivity contribution in [3.8, 4) is 17.1 Å². The molecule has 4 rings (SSSR count). The van der Waals surface area contributed by atoms with Gasteiger partial charge in [0.05, 0.1) is 11.4 Å². The Morgan fingerprint density at radius 2 is 1.79 bits per heavy atom. The number of ether oxygens (including phenoxy) is 1. The highest BCUT2D eigenvalue weighted by molar-refractivity contribution is 5.46. The van der Waals surface area contributed by atoms with Crippen LogP contribution < -0.4 is 10.4 Å². The Labute approximate surface area is 168 Å². The van der Waals surface area contributed by atoms with Crippen molar-refractivity contribution in [2.24, 2.45) is 7.05 Å². The molecule has 0 aliphatic heterocycles. The molecule has 0 bridgehead atoms. The van der Waals surface area contributed by atoms with Crippen molar-refractivity contribution in [1.29, 1.82) is 0 Å². The van der Waals surface area contributed by atoms with Gasteiger partial charge in [0.2, 0.25) is 0 Å². The molecule has 0 spiro atoms. The van der Waals surface area contributed by atoms with E-state index in [1.807, 2.05) is 67.9 Å². The molecule has 2 aromatic carbocycles. The molecule has 0 unspecified atom stereocenters. The summed E-state index contributed by atoms with van der Waals surface area (Å²) < 4.78 is 10.5. The molecule has 0 saturated heterocycles.